The Bertz CT molecular complexity index is 797. The van der Waals surface area contributed by atoms with E-state index >= 15 is 0 Å². The minimum atomic E-state index is -0.837. The smallest absolute Gasteiger partial charge is 0.262 e. The fourth-order valence-electron chi connectivity index (χ4n) is 3.76. The van der Waals surface area contributed by atoms with E-state index in [1.165, 1.54) is 0 Å². The van der Waals surface area contributed by atoms with Crippen molar-refractivity contribution in [1.29, 1.82) is 0 Å². The van der Waals surface area contributed by atoms with E-state index in [2.05, 4.69) is 0 Å². The maximum absolute atomic E-state index is 12.7. The number of carbonyl (C=O) groups is 4. The van der Waals surface area contributed by atoms with Crippen molar-refractivity contribution in [3.05, 3.63) is 29.3 Å². The summed E-state index contributed by atoms with van der Waals surface area (Å²) in [4.78, 5) is 51.9. The van der Waals surface area contributed by atoms with Crippen LogP contribution in [0.25, 0.3) is 0 Å². The van der Waals surface area contributed by atoms with Crippen LogP contribution in [0.4, 0.5) is 5.69 Å². The topological polar surface area (TPSA) is 95.0 Å². The number of hydrogen-bond donors (Lipinski definition) is 1. The molecule has 2 aliphatic heterocycles. The third-order valence-electron chi connectivity index (χ3n) is 5.23. The number of benzene rings is 1. The number of hydrogen-bond acceptors (Lipinski definition) is 6. The Balaban J connectivity index is 1.59. The number of aliphatic hydroxyl groups is 1. The van der Waals surface area contributed by atoms with Gasteiger partial charge in [0.05, 0.1) is 23.6 Å². The van der Waals surface area contributed by atoms with Crippen molar-refractivity contribution in [3.63, 3.8) is 0 Å². The van der Waals surface area contributed by atoms with E-state index in [-0.39, 0.29) is 43.4 Å². The summed E-state index contributed by atoms with van der Waals surface area (Å²) in [6.07, 6.45) is 0.214. The molecule has 1 aromatic rings. The van der Waals surface area contributed by atoms with Crippen molar-refractivity contribution in [2.45, 2.75) is 25.3 Å². The molecule has 130 valence electrons. The molecule has 1 atom stereocenters. The Labute approximate surface area is 144 Å². The molecule has 1 aromatic carbocycles. The van der Waals surface area contributed by atoms with Crippen molar-refractivity contribution >= 4 is 29.1 Å². The monoisotopic (exact) mass is 342 g/mol. The van der Waals surface area contributed by atoms with Crippen LogP contribution in [0.1, 0.15) is 40.0 Å². The van der Waals surface area contributed by atoms with Gasteiger partial charge in [-0.25, -0.2) is 0 Å². The van der Waals surface area contributed by atoms with E-state index < -0.39 is 17.9 Å². The molecule has 1 N–H and O–H groups in total. The molecule has 2 fully saturated rings. The van der Waals surface area contributed by atoms with Gasteiger partial charge in [-0.05, 0) is 24.6 Å². The molecule has 1 saturated carbocycles. The van der Waals surface area contributed by atoms with Gasteiger partial charge < -0.3 is 10.0 Å². The third-order valence-corrected chi connectivity index (χ3v) is 5.23. The van der Waals surface area contributed by atoms with E-state index in [1.807, 2.05) is 4.90 Å². The fourth-order valence-corrected chi connectivity index (χ4v) is 3.76. The lowest BCUT2D eigenvalue weighted by molar-refractivity contribution is -0.132. The molecule has 0 radical (unpaired) electrons. The summed E-state index contributed by atoms with van der Waals surface area (Å²) in [5.41, 5.74) is 1.44. The van der Waals surface area contributed by atoms with Crippen molar-refractivity contribution < 1.29 is 24.3 Å². The predicted molar refractivity (Wildman–Crippen MR) is 87.4 cm³/mol. The number of carbonyl (C=O) groups excluding carboxylic acids is 4. The Morgan fingerprint density at radius 2 is 1.76 bits per heavy atom. The van der Waals surface area contributed by atoms with Crippen LogP contribution in [0.15, 0.2) is 18.2 Å². The zero-order valence-corrected chi connectivity index (χ0v) is 13.6. The van der Waals surface area contributed by atoms with Crippen LogP contribution in [-0.4, -0.2) is 59.1 Å². The first kappa shape index (κ1) is 16.0. The highest BCUT2D eigenvalue weighted by Crippen LogP contribution is 2.33. The van der Waals surface area contributed by atoms with Gasteiger partial charge in [0.25, 0.3) is 11.8 Å². The van der Waals surface area contributed by atoms with Gasteiger partial charge in [-0.2, -0.15) is 0 Å². The molecule has 0 aromatic heterocycles. The summed E-state index contributed by atoms with van der Waals surface area (Å²) < 4.78 is 0. The summed E-state index contributed by atoms with van der Waals surface area (Å²) in [6.45, 7) is 1.56. The average Bonchev–Trinajstić information content (AvgIpc) is 2.78. The van der Waals surface area contributed by atoms with Gasteiger partial charge in [-0.3, -0.25) is 24.1 Å². The molecule has 1 saturated heterocycles. The summed E-state index contributed by atoms with van der Waals surface area (Å²) in [5, 5.41) is 9.12. The van der Waals surface area contributed by atoms with Crippen LogP contribution in [0.5, 0.6) is 0 Å². The zero-order valence-electron chi connectivity index (χ0n) is 13.6. The molecular formula is C18H18N2O5. The number of aliphatic hydroxyl groups excluding tert-OH is 1. The second-order valence-electron chi connectivity index (χ2n) is 6.90. The number of amides is 2. The second-order valence-corrected chi connectivity index (χ2v) is 6.90. The molecule has 0 bridgehead atoms. The molecule has 4 rings (SSSR count). The van der Waals surface area contributed by atoms with Crippen LogP contribution >= 0.6 is 0 Å². The normalized spacial score (nSPS) is 24.0. The standard InChI is InChI=1S/C18H18N2O5/c21-9-10-7-19(8-10)11-1-3-13-14(5-11)18(25)20(17(13)24)15-4-2-12(22)6-16(15)23/h1,3,5,10,15,21H,2,4,6-9H2. The number of ketones is 2. The van der Waals surface area contributed by atoms with Crippen molar-refractivity contribution in [3.8, 4) is 0 Å². The Morgan fingerprint density at radius 3 is 2.44 bits per heavy atom. The number of rotatable bonds is 3. The summed E-state index contributed by atoms with van der Waals surface area (Å²) >= 11 is 0. The van der Waals surface area contributed by atoms with Crippen molar-refractivity contribution in [2.75, 3.05) is 24.6 Å². The number of Topliss-reactive ketones (excluding diaryl/α,β-unsaturated/α-hetero) is 2. The fraction of sp³-hybridized carbons (Fsp3) is 0.444. The summed E-state index contributed by atoms with van der Waals surface area (Å²) in [5.74, 6) is -1.19. The minimum absolute atomic E-state index is 0.134. The summed E-state index contributed by atoms with van der Waals surface area (Å²) in [7, 11) is 0. The number of fused-ring (bicyclic) bond motifs is 1. The lowest BCUT2D eigenvalue weighted by Gasteiger charge is -2.40. The quantitative estimate of drug-likeness (QED) is 0.631. The minimum Gasteiger partial charge on any atom is -0.396 e. The van der Waals surface area contributed by atoms with E-state index in [0.717, 1.165) is 10.6 Å². The predicted octanol–water partition coefficient (Wildman–Crippen LogP) is 0.402. The van der Waals surface area contributed by atoms with Gasteiger partial charge in [0.1, 0.15) is 5.78 Å². The highest BCUT2D eigenvalue weighted by molar-refractivity contribution is 6.24. The van der Waals surface area contributed by atoms with Gasteiger partial charge in [0, 0.05) is 37.7 Å². The van der Waals surface area contributed by atoms with Gasteiger partial charge in [0.15, 0.2) is 5.78 Å². The highest BCUT2D eigenvalue weighted by Gasteiger charge is 2.44. The SMILES string of the molecule is O=C1CCC(N2C(=O)c3ccc(N4CC(CO)C4)cc3C2=O)C(=O)C1. The van der Waals surface area contributed by atoms with E-state index in [9.17, 15) is 19.2 Å². The number of nitrogens with zero attached hydrogens (tertiary/aromatic N) is 2. The first-order valence-corrected chi connectivity index (χ1v) is 8.41. The lowest BCUT2D eigenvalue weighted by Crippen LogP contribution is -2.48. The molecule has 1 aliphatic carbocycles. The molecule has 7 nitrogen and oxygen atoms in total. The van der Waals surface area contributed by atoms with Crippen LogP contribution < -0.4 is 4.90 Å². The largest absolute Gasteiger partial charge is 0.396 e. The first-order valence-electron chi connectivity index (χ1n) is 8.41. The zero-order chi connectivity index (χ0) is 17.7. The van der Waals surface area contributed by atoms with Gasteiger partial charge in [-0.1, -0.05) is 0 Å². The van der Waals surface area contributed by atoms with E-state index in [0.29, 0.717) is 24.2 Å². The Morgan fingerprint density at radius 1 is 1.04 bits per heavy atom. The molecule has 0 spiro atoms. The lowest BCUT2D eigenvalue weighted by atomic mass is 9.92. The number of anilines is 1. The van der Waals surface area contributed by atoms with Gasteiger partial charge >= 0.3 is 0 Å². The van der Waals surface area contributed by atoms with Crippen molar-refractivity contribution in [1.82, 2.24) is 4.90 Å². The number of imide groups is 1. The molecule has 7 heteroatoms. The Hall–Kier alpha value is -2.54. The van der Waals surface area contributed by atoms with Crippen LogP contribution in [0.3, 0.4) is 0 Å². The molecule has 2 amide bonds. The van der Waals surface area contributed by atoms with Crippen molar-refractivity contribution in [2.24, 2.45) is 5.92 Å². The van der Waals surface area contributed by atoms with Crippen LogP contribution in [-0.2, 0) is 9.59 Å². The molecule has 2 heterocycles. The molecule has 1 unspecified atom stereocenters. The van der Waals surface area contributed by atoms with Crippen LogP contribution in [0.2, 0.25) is 0 Å². The second kappa shape index (κ2) is 5.77. The van der Waals surface area contributed by atoms with Gasteiger partial charge in [0.2, 0.25) is 0 Å². The molecule has 3 aliphatic rings. The molecular weight excluding hydrogens is 324 g/mol. The third kappa shape index (κ3) is 2.46. The summed E-state index contributed by atoms with van der Waals surface area (Å²) in [6, 6.07) is 4.25. The molecule has 25 heavy (non-hydrogen) atoms. The van der Waals surface area contributed by atoms with E-state index in [1.54, 1.807) is 18.2 Å². The Kier molecular flexibility index (Phi) is 3.68. The highest BCUT2D eigenvalue weighted by atomic mass is 16.3. The average molecular weight is 342 g/mol. The van der Waals surface area contributed by atoms with E-state index in [4.69, 9.17) is 5.11 Å². The maximum atomic E-state index is 12.7. The van der Waals surface area contributed by atoms with Crippen LogP contribution in [0, 0.1) is 5.92 Å². The van der Waals surface area contributed by atoms with Gasteiger partial charge in [-0.15, -0.1) is 0 Å². The first-order chi connectivity index (χ1) is 12.0. The maximum Gasteiger partial charge on any atom is 0.262 e.